The lowest BCUT2D eigenvalue weighted by Crippen LogP contribution is -2.28. The van der Waals surface area contributed by atoms with Gasteiger partial charge in [0.2, 0.25) is 0 Å². The average molecular weight is 444 g/mol. The molecule has 1 saturated heterocycles. The van der Waals surface area contributed by atoms with Crippen molar-refractivity contribution in [2.45, 2.75) is 32.7 Å². The van der Waals surface area contributed by atoms with Gasteiger partial charge < -0.3 is 4.42 Å². The third-order valence-electron chi connectivity index (χ3n) is 5.01. The maximum Gasteiger partial charge on any atom is 0.267 e. The van der Waals surface area contributed by atoms with E-state index in [9.17, 15) is 4.79 Å². The van der Waals surface area contributed by atoms with E-state index in [0.29, 0.717) is 22.4 Å². The number of furan rings is 1. The number of carbonyl (C=O) groups excluding carboxylic acids is 1. The highest BCUT2D eigenvalue weighted by Crippen LogP contribution is 2.34. The molecule has 1 aliphatic heterocycles. The molecular weight excluding hydrogens is 418 g/mol. The molecule has 2 aromatic carbocycles. The van der Waals surface area contributed by atoms with E-state index in [-0.39, 0.29) is 11.3 Å². The first-order valence-corrected chi connectivity index (χ1v) is 11.2. The Balaban J connectivity index is 1.60. The van der Waals surface area contributed by atoms with Crippen LogP contribution in [0.5, 0.6) is 0 Å². The van der Waals surface area contributed by atoms with Crippen molar-refractivity contribution in [3.05, 3.63) is 100 Å². The van der Waals surface area contributed by atoms with Crippen molar-refractivity contribution >= 4 is 35.1 Å². The van der Waals surface area contributed by atoms with E-state index in [1.54, 1.807) is 23.4 Å². The molecule has 5 nitrogen and oxygen atoms in total. The molecule has 0 spiro atoms. The zero-order valence-corrected chi connectivity index (χ0v) is 19.2. The van der Waals surface area contributed by atoms with Crippen LogP contribution in [0.1, 0.15) is 43.2 Å². The average Bonchev–Trinajstić information content (AvgIpc) is 3.39. The lowest BCUT2D eigenvalue weighted by molar-refractivity contribution is -0.122. The van der Waals surface area contributed by atoms with Gasteiger partial charge in [0.05, 0.1) is 23.9 Å². The number of amides is 1. The summed E-state index contributed by atoms with van der Waals surface area (Å²) in [7, 11) is 0. The summed E-state index contributed by atoms with van der Waals surface area (Å²) in [5.41, 5.74) is 3.25. The van der Waals surface area contributed by atoms with E-state index in [2.05, 4.69) is 43.1 Å². The molecule has 0 bridgehead atoms. The molecule has 6 heteroatoms. The molecule has 1 aliphatic rings. The number of nitrogens with zero attached hydrogens (tertiary/aromatic N) is 3. The summed E-state index contributed by atoms with van der Waals surface area (Å²) < 4.78 is 5.45. The van der Waals surface area contributed by atoms with Crippen LogP contribution in [-0.4, -0.2) is 22.2 Å². The van der Waals surface area contributed by atoms with Gasteiger partial charge in [0, 0.05) is 0 Å². The van der Waals surface area contributed by atoms with Crippen LogP contribution in [-0.2, 0) is 16.8 Å². The van der Waals surface area contributed by atoms with Crippen LogP contribution in [0, 0.1) is 0 Å². The number of hydrogen-bond donors (Lipinski definition) is 0. The lowest BCUT2D eigenvalue weighted by atomic mass is 9.87. The van der Waals surface area contributed by atoms with Crippen LogP contribution in [0.3, 0.4) is 0 Å². The Hall–Kier alpha value is -3.38. The highest BCUT2D eigenvalue weighted by molar-refractivity contribution is 8.18. The Labute approximate surface area is 192 Å². The molecule has 2 heterocycles. The Morgan fingerprint density at radius 2 is 1.72 bits per heavy atom. The van der Waals surface area contributed by atoms with Gasteiger partial charge in [-0.05, 0) is 52.1 Å². The third kappa shape index (κ3) is 5.26. The number of amidine groups is 1. The highest BCUT2D eigenvalue weighted by atomic mass is 32.2. The number of carbonyl (C=O) groups is 1. The van der Waals surface area contributed by atoms with E-state index in [1.165, 1.54) is 17.3 Å². The Bertz CT molecular complexity index is 1160. The van der Waals surface area contributed by atoms with Gasteiger partial charge in [-0.25, -0.2) is 0 Å². The van der Waals surface area contributed by atoms with Crippen LogP contribution in [0.25, 0.3) is 6.08 Å². The molecule has 0 radical (unpaired) electrons. The number of benzene rings is 2. The van der Waals surface area contributed by atoms with Crippen molar-refractivity contribution in [3.63, 3.8) is 0 Å². The van der Waals surface area contributed by atoms with Gasteiger partial charge in [-0.15, -0.1) is 5.10 Å². The molecule has 0 saturated carbocycles. The van der Waals surface area contributed by atoms with E-state index in [4.69, 9.17) is 4.42 Å². The fourth-order valence-electron chi connectivity index (χ4n) is 3.20. The monoisotopic (exact) mass is 443 g/mol. The first-order valence-electron chi connectivity index (χ1n) is 10.4. The van der Waals surface area contributed by atoms with Gasteiger partial charge in [-0.2, -0.15) is 5.10 Å². The van der Waals surface area contributed by atoms with Gasteiger partial charge in [-0.3, -0.25) is 9.69 Å². The van der Waals surface area contributed by atoms with Crippen LogP contribution >= 0.6 is 11.8 Å². The fraction of sp³-hybridized carbons (Fsp3) is 0.192. The fourth-order valence-corrected chi connectivity index (χ4v) is 4.13. The van der Waals surface area contributed by atoms with Crippen molar-refractivity contribution in [2.24, 2.45) is 10.2 Å². The van der Waals surface area contributed by atoms with Crippen molar-refractivity contribution in [1.82, 2.24) is 4.90 Å². The van der Waals surface area contributed by atoms with Crippen molar-refractivity contribution in [1.29, 1.82) is 0 Å². The van der Waals surface area contributed by atoms with E-state index < -0.39 is 0 Å². The van der Waals surface area contributed by atoms with Crippen molar-refractivity contribution in [2.75, 3.05) is 0 Å². The minimum absolute atomic E-state index is 0.0834. The van der Waals surface area contributed by atoms with Crippen LogP contribution in [0.4, 0.5) is 0 Å². The molecule has 3 aromatic rings. The lowest BCUT2D eigenvalue weighted by Gasteiger charge is -2.18. The molecule has 0 aliphatic carbocycles. The van der Waals surface area contributed by atoms with E-state index in [1.807, 2.05) is 54.6 Å². The summed E-state index contributed by atoms with van der Waals surface area (Å²) >= 11 is 1.32. The molecule has 1 fully saturated rings. The topological polar surface area (TPSA) is 58.2 Å². The van der Waals surface area contributed by atoms with Gasteiger partial charge >= 0.3 is 0 Å². The van der Waals surface area contributed by atoms with Crippen LogP contribution < -0.4 is 0 Å². The molecule has 0 unspecified atom stereocenters. The molecular formula is C26H25N3O2S. The maximum absolute atomic E-state index is 13.2. The Morgan fingerprint density at radius 3 is 2.38 bits per heavy atom. The second kappa shape index (κ2) is 9.40. The predicted octanol–water partition coefficient (Wildman–Crippen LogP) is 6.08. The largest absolute Gasteiger partial charge is 0.467 e. The van der Waals surface area contributed by atoms with Gasteiger partial charge in [0.15, 0.2) is 5.17 Å². The molecule has 1 aromatic heterocycles. The minimum atomic E-state index is -0.111. The highest BCUT2D eigenvalue weighted by Gasteiger charge is 2.34. The quantitative estimate of drug-likeness (QED) is 0.273. The SMILES string of the molecule is CC(C)(C)c1ccc(/C=C2\S/C(=N\N=C\c3ccccc3)N(Cc3ccco3)C2=O)cc1. The summed E-state index contributed by atoms with van der Waals surface area (Å²) in [6.07, 6.45) is 5.18. The zero-order chi connectivity index (χ0) is 22.6. The smallest absolute Gasteiger partial charge is 0.267 e. The molecule has 0 atom stereocenters. The van der Waals surface area contributed by atoms with E-state index >= 15 is 0 Å². The minimum Gasteiger partial charge on any atom is -0.467 e. The second-order valence-corrected chi connectivity index (χ2v) is 9.50. The first kappa shape index (κ1) is 21.8. The van der Waals surface area contributed by atoms with Crippen molar-refractivity contribution in [3.8, 4) is 0 Å². The van der Waals surface area contributed by atoms with Crippen molar-refractivity contribution < 1.29 is 9.21 Å². The molecule has 0 N–H and O–H groups in total. The summed E-state index contributed by atoms with van der Waals surface area (Å²) in [4.78, 5) is 15.4. The van der Waals surface area contributed by atoms with Crippen LogP contribution in [0.15, 0.2) is 92.5 Å². The molecule has 1 amide bonds. The normalized spacial score (nSPS) is 17.2. The third-order valence-corrected chi connectivity index (χ3v) is 6.00. The summed E-state index contributed by atoms with van der Waals surface area (Å²) in [5.74, 6) is 0.578. The Kier molecular flexibility index (Phi) is 6.42. The van der Waals surface area contributed by atoms with E-state index in [0.717, 1.165) is 11.1 Å². The maximum atomic E-state index is 13.2. The van der Waals surface area contributed by atoms with Gasteiger partial charge in [0.25, 0.3) is 5.91 Å². The zero-order valence-electron chi connectivity index (χ0n) is 18.4. The molecule has 4 rings (SSSR count). The summed E-state index contributed by atoms with van der Waals surface area (Å²) in [5, 5.41) is 9.07. The first-order chi connectivity index (χ1) is 15.4. The van der Waals surface area contributed by atoms with Gasteiger partial charge in [0.1, 0.15) is 5.76 Å². The summed E-state index contributed by atoms with van der Waals surface area (Å²) in [6.45, 7) is 6.85. The number of hydrogen-bond acceptors (Lipinski definition) is 5. The predicted molar refractivity (Wildman–Crippen MR) is 131 cm³/mol. The second-order valence-electron chi connectivity index (χ2n) is 8.49. The summed E-state index contributed by atoms with van der Waals surface area (Å²) in [6, 6.07) is 21.7. The number of rotatable bonds is 5. The molecule has 162 valence electrons. The number of thioether (sulfide) groups is 1. The molecule has 32 heavy (non-hydrogen) atoms. The van der Waals surface area contributed by atoms with Gasteiger partial charge in [-0.1, -0.05) is 75.4 Å². The standard InChI is InChI=1S/C26H25N3O2S/c1-26(2,3)21-13-11-19(12-14-21)16-23-24(30)29(18-22-10-7-15-31-22)25(32-23)28-27-17-20-8-5-4-6-9-20/h4-17H,18H2,1-3H3/b23-16-,27-17+,28-25-. The Morgan fingerprint density at radius 1 is 0.969 bits per heavy atom. The van der Waals surface area contributed by atoms with Crippen LogP contribution in [0.2, 0.25) is 0 Å².